The maximum atomic E-state index is 6.32. The van der Waals surface area contributed by atoms with Gasteiger partial charge in [-0.25, -0.2) is 4.98 Å². The van der Waals surface area contributed by atoms with Crippen LogP contribution < -0.4 is 5.73 Å². The topological polar surface area (TPSA) is 43.8 Å². The SMILES string of the molecule is CC(C)n1c(CC(N)C(C)(C)C)nc2ccc(Cl)cc21. The van der Waals surface area contributed by atoms with Gasteiger partial charge >= 0.3 is 0 Å². The van der Waals surface area contributed by atoms with Crippen LogP contribution >= 0.6 is 11.6 Å². The fourth-order valence-electron chi connectivity index (χ4n) is 2.34. The fourth-order valence-corrected chi connectivity index (χ4v) is 2.51. The smallest absolute Gasteiger partial charge is 0.111 e. The van der Waals surface area contributed by atoms with Crippen molar-refractivity contribution in [1.29, 1.82) is 0 Å². The predicted molar refractivity (Wildman–Crippen MR) is 86.3 cm³/mol. The monoisotopic (exact) mass is 293 g/mol. The highest BCUT2D eigenvalue weighted by molar-refractivity contribution is 6.31. The van der Waals surface area contributed by atoms with Gasteiger partial charge in [-0.05, 0) is 37.5 Å². The van der Waals surface area contributed by atoms with Gasteiger partial charge in [-0.15, -0.1) is 0 Å². The van der Waals surface area contributed by atoms with E-state index in [4.69, 9.17) is 22.3 Å². The van der Waals surface area contributed by atoms with Crippen LogP contribution in [0.5, 0.6) is 0 Å². The number of rotatable bonds is 3. The molecule has 1 aromatic carbocycles. The second kappa shape index (κ2) is 5.38. The van der Waals surface area contributed by atoms with E-state index in [1.807, 2.05) is 18.2 Å². The third-order valence-corrected chi connectivity index (χ3v) is 3.99. The Morgan fingerprint density at radius 3 is 2.50 bits per heavy atom. The maximum Gasteiger partial charge on any atom is 0.111 e. The maximum absolute atomic E-state index is 6.32. The summed E-state index contributed by atoms with van der Waals surface area (Å²) in [6.07, 6.45) is 0.772. The van der Waals surface area contributed by atoms with Gasteiger partial charge in [0.1, 0.15) is 5.82 Å². The van der Waals surface area contributed by atoms with Crippen molar-refractivity contribution < 1.29 is 0 Å². The average molecular weight is 294 g/mol. The van der Waals surface area contributed by atoms with Gasteiger partial charge in [-0.2, -0.15) is 0 Å². The molecule has 3 nitrogen and oxygen atoms in total. The Hall–Kier alpha value is -1.06. The normalized spacial score (nSPS) is 14.2. The van der Waals surface area contributed by atoms with Crippen molar-refractivity contribution in [3.63, 3.8) is 0 Å². The van der Waals surface area contributed by atoms with Crippen LogP contribution in [-0.4, -0.2) is 15.6 Å². The summed E-state index contributed by atoms with van der Waals surface area (Å²) in [5.74, 6) is 1.04. The first-order valence-corrected chi connectivity index (χ1v) is 7.50. The second-order valence-corrected chi connectivity index (χ2v) is 7.24. The molecule has 0 aliphatic heterocycles. The Balaban J connectivity index is 2.50. The number of imidazole rings is 1. The van der Waals surface area contributed by atoms with Gasteiger partial charge < -0.3 is 10.3 Å². The highest BCUT2D eigenvalue weighted by Gasteiger charge is 2.24. The van der Waals surface area contributed by atoms with Crippen molar-refractivity contribution >= 4 is 22.6 Å². The largest absolute Gasteiger partial charge is 0.327 e. The molecular weight excluding hydrogens is 270 g/mol. The molecule has 2 N–H and O–H groups in total. The number of hydrogen-bond donors (Lipinski definition) is 1. The second-order valence-electron chi connectivity index (χ2n) is 6.80. The summed E-state index contributed by atoms with van der Waals surface area (Å²) in [4.78, 5) is 4.75. The van der Waals surface area contributed by atoms with Crippen LogP contribution in [0, 0.1) is 5.41 Å². The van der Waals surface area contributed by atoms with Crippen molar-refractivity contribution in [3.8, 4) is 0 Å². The first-order chi connectivity index (χ1) is 9.20. The summed E-state index contributed by atoms with van der Waals surface area (Å²) in [6.45, 7) is 10.8. The standard InChI is InChI=1S/C16H24ClN3/c1-10(2)20-13-8-11(17)6-7-12(13)19-15(20)9-14(18)16(3,4)5/h6-8,10,14H,9,18H2,1-5H3. The van der Waals surface area contributed by atoms with E-state index in [1.165, 1.54) is 0 Å². The van der Waals surface area contributed by atoms with Gasteiger partial charge in [0, 0.05) is 23.5 Å². The molecule has 2 rings (SSSR count). The molecule has 110 valence electrons. The molecule has 1 unspecified atom stereocenters. The van der Waals surface area contributed by atoms with Gasteiger partial charge in [0.05, 0.1) is 11.0 Å². The van der Waals surface area contributed by atoms with Crippen LogP contribution in [0.25, 0.3) is 11.0 Å². The van der Waals surface area contributed by atoms with Crippen molar-refractivity contribution in [2.75, 3.05) is 0 Å². The first kappa shape index (κ1) is 15.3. The zero-order chi connectivity index (χ0) is 15.1. The zero-order valence-electron chi connectivity index (χ0n) is 12.9. The van der Waals surface area contributed by atoms with Gasteiger partial charge in [0.2, 0.25) is 0 Å². The van der Waals surface area contributed by atoms with E-state index in [9.17, 15) is 0 Å². The number of aromatic nitrogens is 2. The molecule has 0 radical (unpaired) electrons. The van der Waals surface area contributed by atoms with E-state index in [1.54, 1.807) is 0 Å². The molecule has 0 aliphatic carbocycles. The van der Waals surface area contributed by atoms with Gasteiger partial charge in [-0.3, -0.25) is 0 Å². The van der Waals surface area contributed by atoms with E-state index in [2.05, 4.69) is 39.2 Å². The summed E-state index contributed by atoms with van der Waals surface area (Å²) in [5, 5.41) is 0.742. The number of nitrogens with two attached hydrogens (primary N) is 1. The molecule has 0 fully saturated rings. The number of hydrogen-bond acceptors (Lipinski definition) is 2. The minimum absolute atomic E-state index is 0.0671. The van der Waals surface area contributed by atoms with Crippen molar-refractivity contribution in [2.24, 2.45) is 11.1 Å². The molecule has 1 atom stereocenters. The van der Waals surface area contributed by atoms with E-state index in [-0.39, 0.29) is 11.5 Å². The molecule has 0 aliphatic rings. The van der Waals surface area contributed by atoms with Crippen LogP contribution in [-0.2, 0) is 6.42 Å². The fraction of sp³-hybridized carbons (Fsp3) is 0.562. The van der Waals surface area contributed by atoms with Crippen LogP contribution in [0.3, 0.4) is 0 Å². The molecule has 2 aromatic rings. The molecule has 0 saturated heterocycles. The summed E-state index contributed by atoms with van der Waals surface area (Å²) in [7, 11) is 0. The molecule has 1 heterocycles. The van der Waals surface area contributed by atoms with E-state index in [0.717, 1.165) is 28.3 Å². The minimum atomic E-state index is 0.0671. The molecule has 0 spiro atoms. The average Bonchev–Trinajstić information content (AvgIpc) is 2.64. The Bertz CT molecular complexity index is 608. The van der Waals surface area contributed by atoms with Crippen LogP contribution in [0.4, 0.5) is 0 Å². The lowest BCUT2D eigenvalue weighted by Gasteiger charge is -2.27. The van der Waals surface area contributed by atoms with Crippen molar-refractivity contribution in [2.45, 2.75) is 53.1 Å². The van der Waals surface area contributed by atoms with E-state index in [0.29, 0.717) is 6.04 Å². The van der Waals surface area contributed by atoms with E-state index >= 15 is 0 Å². The number of halogens is 1. The third-order valence-electron chi connectivity index (χ3n) is 3.76. The number of nitrogens with zero attached hydrogens (tertiary/aromatic N) is 2. The van der Waals surface area contributed by atoms with Crippen LogP contribution in [0.2, 0.25) is 5.02 Å². The molecule has 20 heavy (non-hydrogen) atoms. The number of benzene rings is 1. The van der Waals surface area contributed by atoms with E-state index < -0.39 is 0 Å². The zero-order valence-corrected chi connectivity index (χ0v) is 13.7. The minimum Gasteiger partial charge on any atom is -0.327 e. The van der Waals surface area contributed by atoms with Crippen LogP contribution in [0.15, 0.2) is 18.2 Å². The summed E-state index contributed by atoms with van der Waals surface area (Å²) in [6, 6.07) is 6.25. The molecule has 4 heteroatoms. The van der Waals surface area contributed by atoms with Gasteiger partial charge in [0.25, 0.3) is 0 Å². The molecule has 0 saturated carbocycles. The van der Waals surface area contributed by atoms with Gasteiger partial charge in [-0.1, -0.05) is 32.4 Å². The lowest BCUT2D eigenvalue weighted by Crippen LogP contribution is -2.37. The molecule has 1 aromatic heterocycles. The Kier molecular flexibility index (Phi) is 4.12. The highest BCUT2D eigenvalue weighted by atomic mass is 35.5. The lowest BCUT2D eigenvalue weighted by molar-refractivity contribution is 0.311. The van der Waals surface area contributed by atoms with Gasteiger partial charge in [0.15, 0.2) is 0 Å². The Morgan fingerprint density at radius 1 is 1.30 bits per heavy atom. The van der Waals surface area contributed by atoms with Crippen molar-refractivity contribution in [3.05, 3.63) is 29.0 Å². The number of fused-ring (bicyclic) bond motifs is 1. The van der Waals surface area contributed by atoms with Crippen molar-refractivity contribution in [1.82, 2.24) is 9.55 Å². The summed E-state index contributed by atoms with van der Waals surface area (Å²) >= 11 is 6.12. The summed E-state index contributed by atoms with van der Waals surface area (Å²) < 4.78 is 2.24. The lowest BCUT2D eigenvalue weighted by atomic mass is 9.85. The molecule has 0 amide bonds. The quantitative estimate of drug-likeness (QED) is 0.922. The molecular formula is C16H24ClN3. The third kappa shape index (κ3) is 2.99. The van der Waals surface area contributed by atoms with Crippen LogP contribution in [0.1, 0.15) is 46.5 Å². The Labute approximate surface area is 126 Å². The summed E-state index contributed by atoms with van der Waals surface area (Å²) in [5.41, 5.74) is 8.46. The highest BCUT2D eigenvalue weighted by Crippen LogP contribution is 2.27. The Morgan fingerprint density at radius 2 is 1.95 bits per heavy atom. The first-order valence-electron chi connectivity index (χ1n) is 7.12. The predicted octanol–water partition coefficient (Wildman–Crippen LogP) is 4.19. The molecule has 0 bridgehead atoms.